The molecule has 0 spiro atoms. The zero-order valence-electron chi connectivity index (χ0n) is 11.6. The summed E-state index contributed by atoms with van der Waals surface area (Å²) in [5.41, 5.74) is 0.736. The molecule has 2 nitrogen and oxygen atoms in total. The van der Waals surface area contributed by atoms with Crippen molar-refractivity contribution in [1.29, 1.82) is 0 Å². The molecule has 0 radical (unpaired) electrons. The minimum Gasteiger partial charge on any atom is -0.452 e. The van der Waals surface area contributed by atoms with Crippen molar-refractivity contribution in [3.8, 4) is 11.5 Å². The highest BCUT2D eigenvalue weighted by molar-refractivity contribution is 6.34. The summed E-state index contributed by atoms with van der Waals surface area (Å²) in [5.74, 6) is 0.0816. The van der Waals surface area contributed by atoms with Crippen LogP contribution in [0.5, 0.6) is 11.5 Å². The molecule has 0 atom stereocenters. The quantitative estimate of drug-likeness (QED) is 0.715. The van der Waals surface area contributed by atoms with Crippen LogP contribution in [0.3, 0.4) is 0 Å². The van der Waals surface area contributed by atoms with Crippen LogP contribution in [0, 0.1) is 5.82 Å². The molecule has 1 N–H and O–H groups in total. The monoisotopic (exact) mass is 327 g/mol. The fourth-order valence-electron chi connectivity index (χ4n) is 1.87. The number of ether oxygens (including phenoxy) is 1. The molecule has 0 amide bonds. The second-order valence-corrected chi connectivity index (χ2v) is 5.43. The first-order chi connectivity index (χ1) is 10.1. The summed E-state index contributed by atoms with van der Waals surface area (Å²) in [6.45, 7) is 3.45. The van der Waals surface area contributed by atoms with E-state index in [0.717, 1.165) is 18.5 Å². The molecule has 2 aromatic rings. The Kier molecular flexibility index (Phi) is 5.85. The zero-order chi connectivity index (χ0) is 15.2. The lowest BCUT2D eigenvalue weighted by molar-refractivity contribution is 0.434. The average molecular weight is 328 g/mol. The topological polar surface area (TPSA) is 21.3 Å². The van der Waals surface area contributed by atoms with Gasteiger partial charge in [0.1, 0.15) is 5.75 Å². The molecule has 0 bridgehead atoms. The Hall–Kier alpha value is -1.29. The molecule has 0 aliphatic rings. The van der Waals surface area contributed by atoms with Gasteiger partial charge in [-0.15, -0.1) is 0 Å². The molecule has 5 heteroatoms. The van der Waals surface area contributed by atoms with Crippen LogP contribution in [-0.4, -0.2) is 6.54 Å². The first-order valence-corrected chi connectivity index (χ1v) is 7.48. The normalized spacial score (nSPS) is 10.7. The molecule has 0 aromatic heterocycles. The molecular formula is C16H16Cl2FNO. The van der Waals surface area contributed by atoms with Crippen LogP contribution < -0.4 is 10.1 Å². The summed E-state index contributed by atoms with van der Waals surface area (Å²) >= 11 is 12.0. The molecule has 0 fully saturated rings. The van der Waals surface area contributed by atoms with Crippen LogP contribution in [0.25, 0.3) is 0 Å². The zero-order valence-corrected chi connectivity index (χ0v) is 13.1. The van der Waals surface area contributed by atoms with Gasteiger partial charge in [0.2, 0.25) is 0 Å². The van der Waals surface area contributed by atoms with Crippen molar-refractivity contribution in [2.24, 2.45) is 0 Å². The first-order valence-electron chi connectivity index (χ1n) is 6.73. The molecule has 2 aromatic carbocycles. The highest BCUT2D eigenvalue weighted by Gasteiger charge is 2.13. The van der Waals surface area contributed by atoms with E-state index in [2.05, 4.69) is 12.2 Å². The van der Waals surface area contributed by atoms with E-state index in [1.54, 1.807) is 24.3 Å². The molecule has 0 heterocycles. The van der Waals surface area contributed by atoms with Crippen LogP contribution in [-0.2, 0) is 6.54 Å². The van der Waals surface area contributed by atoms with Crippen molar-refractivity contribution >= 4 is 23.2 Å². The van der Waals surface area contributed by atoms with Gasteiger partial charge in [-0.05, 0) is 31.2 Å². The van der Waals surface area contributed by atoms with E-state index in [4.69, 9.17) is 27.9 Å². The van der Waals surface area contributed by atoms with Gasteiger partial charge in [-0.1, -0.05) is 42.3 Å². The summed E-state index contributed by atoms with van der Waals surface area (Å²) in [7, 11) is 0. The SMILES string of the molecule is CCCNCc1cccc(F)c1Oc1cc(Cl)ccc1Cl. The summed E-state index contributed by atoms with van der Waals surface area (Å²) in [6.07, 6.45) is 1.01. The maximum absolute atomic E-state index is 14.0. The number of hydrogen-bond donors (Lipinski definition) is 1. The summed E-state index contributed by atoms with van der Waals surface area (Å²) in [6, 6.07) is 9.68. The summed E-state index contributed by atoms with van der Waals surface area (Å²) < 4.78 is 19.7. The Morgan fingerprint density at radius 3 is 2.76 bits per heavy atom. The Bertz CT molecular complexity index is 619. The van der Waals surface area contributed by atoms with Crippen molar-refractivity contribution in [1.82, 2.24) is 5.32 Å². The van der Waals surface area contributed by atoms with Crippen molar-refractivity contribution in [2.45, 2.75) is 19.9 Å². The highest BCUT2D eigenvalue weighted by atomic mass is 35.5. The fourth-order valence-corrected chi connectivity index (χ4v) is 2.19. The van der Waals surface area contributed by atoms with Crippen LogP contribution in [0.1, 0.15) is 18.9 Å². The second kappa shape index (κ2) is 7.64. The lowest BCUT2D eigenvalue weighted by Crippen LogP contribution is -2.14. The number of hydrogen-bond acceptors (Lipinski definition) is 2. The number of benzene rings is 2. The van der Waals surface area contributed by atoms with E-state index < -0.39 is 5.82 Å². The molecule has 0 aliphatic carbocycles. The van der Waals surface area contributed by atoms with E-state index in [1.165, 1.54) is 6.07 Å². The van der Waals surface area contributed by atoms with Crippen molar-refractivity contribution in [3.63, 3.8) is 0 Å². The molecule has 0 saturated heterocycles. The number of halogens is 3. The van der Waals surface area contributed by atoms with Crippen LogP contribution in [0.4, 0.5) is 4.39 Å². The lowest BCUT2D eigenvalue weighted by atomic mass is 10.2. The number of nitrogens with one attached hydrogen (secondary N) is 1. The Balaban J connectivity index is 2.27. The van der Waals surface area contributed by atoms with Crippen molar-refractivity contribution < 1.29 is 9.13 Å². The third kappa shape index (κ3) is 4.34. The van der Waals surface area contributed by atoms with Gasteiger partial charge in [-0.2, -0.15) is 0 Å². The Labute approximate surface area is 133 Å². The van der Waals surface area contributed by atoms with Gasteiger partial charge in [0.05, 0.1) is 5.02 Å². The third-order valence-corrected chi connectivity index (χ3v) is 3.44. The van der Waals surface area contributed by atoms with Gasteiger partial charge in [0.25, 0.3) is 0 Å². The molecule has 0 unspecified atom stereocenters. The Morgan fingerprint density at radius 1 is 1.19 bits per heavy atom. The smallest absolute Gasteiger partial charge is 0.167 e. The van der Waals surface area contributed by atoms with Gasteiger partial charge in [-0.25, -0.2) is 4.39 Å². The lowest BCUT2D eigenvalue weighted by Gasteiger charge is -2.13. The van der Waals surface area contributed by atoms with E-state index in [1.807, 2.05) is 6.07 Å². The minimum absolute atomic E-state index is 0.172. The van der Waals surface area contributed by atoms with Crippen LogP contribution >= 0.6 is 23.2 Å². The number of para-hydroxylation sites is 1. The molecule has 2 rings (SSSR count). The second-order valence-electron chi connectivity index (χ2n) is 4.58. The predicted molar refractivity (Wildman–Crippen MR) is 84.9 cm³/mol. The summed E-state index contributed by atoms with van der Waals surface area (Å²) in [4.78, 5) is 0. The van der Waals surface area contributed by atoms with E-state index in [9.17, 15) is 4.39 Å². The van der Waals surface area contributed by atoms with Gasteiger partial charge in [0, 0.05) is 23.2 Å². The van der Waals surface area contributed by atoms with Gasteiger partial charge < -0.3 is 10.1 Å². The molecule has 21 heavy (non-hydrogen) atoms. The maximum atomic E-state index is 14.0. The van der Waals surface area contributed by atoms with E-state index >= 15 is 0 Å². The predicted octanol–water partition coefficient (Wildman–Crippen LogP) is 5.42. The van der Waals surface area contributed by atoms with Crippen molar-refractivity contribution in [3.05, 3.63) is 57.8 Å². The molecule has 112 valence electrons. The maximum Gasteiger partial charge on any atom is 0.167 e. The Morgan fingerprint density at radius 2 is 2.00 bits per heavy atom. The highest BCUT2D eigenvalue weighted by Crippen LogP contribution is 2.34. The van der Waals surface area contributed by atoms with Crippen molar-refractivity contribution in [2.75, 3.05) is 6.54 Å². The molecule has 0 saturated carbocycles. The van der Waals surface area contributed by atoms with Gasteiger partial charge in [-0.3, -0.25) is 0 Å². The molecular weight excluding hydrogens is 312 g/mol. The first kappa shape index (κ1) is 16.1. The third-order valence-electron chi connectivity index (χ3n) is 2.90. The summed E-state index contributed by atoms with van der Waals surface area (Å²) in [5, 5.41) is 4.09. The van der Waals surface area contributed by atoms with E-state index in [0.29, 0.717) is 22.3 Å². The molecule has 0 aliphatic heterocycles. The average Bonchev–Trinajstić information content (AvgIpc) is 2.46. The standard InChI is InChI=1S/C16H16Cl2FNO/c1-2-8-20-10-11-4-3-5-14(19)16(11)21-15-9-12(17)6-7-13(15)18/h3-7,9,20H,2,8,10H2,1H3. The van der Waals surface area contributed by atoms with Gasteiger partial charge >= 0.3 is 0 Å². The van der Waals surface area contributed by atoms with Gasteiger partial charge in [0.15, 0.2) is 11.6 Å². The number of rotatable bonds is 6. The van der Waals surface area contributed by atoms with Crippen LogP contribution in [0.15, 0.2) is 36.4 Å². The fraction of sp³-hybridized carbons (Fsp3) is 0.250. The minimum atomic E-state index is -0.429. The van der Waals surface area contributed by atoms with E-state index in [-0.39, 0.29) is 5.75 Å². The largest absolute Gasteiger partial charge is 0.452 e. The van der Waals surface area contributed by atoms with Crippen LogP contribution in [0.2, 0.25) is 10.0 Å².